The molecule has 0 saturated heterocycles. The molecule has 2 heterocycles. The number of hydrogen-bond donors (Lipinski definition) is 1. The van der Waals surface area contributed by atoms with Crippen LogP contribution in [-0.4, -0.2) is 26.8 Å². The third-order valence-electron chi connectivity index (χ3n) is 2.64. The van der Waals surface area contributed by atoms with Crippen molar-refractivity contribution in [2.24, 2.45) is 0 Å². The summed E-state index contributed by atoms with van der Waals surface area (Å²) < 4.78 is 6.71. The molecule has 1 aromatic carbocycles. The van der Waals surface area contributed by atoms with Crippen LogP contribution in [0.25, 0.3) is 17.0 Å². The fourth-order valence-corrected chi connectivity index (χ4v) is 1.76. The minimum atomic E-state index is 0.157. The Balaban J connectivity index is 2.13. The second-order valence-electron chi connectivity index (χ2n) is 3.86. The predicted octanol–water partition coefficient (Wildman–Crippen LogP) is 2.11. The van der Waals surface area contributed by atoms with Gasteiger partial charge in [-0.05, 0) is 24.3 Å². The van der Waals surface area contributed by atoms with Gasteiger partial charge in [-0.3, -0.25) is 0 Å². The van der Waals surface area contributed by atoms with E-state index < -0.39 is 0 Å². The summed E-state index contributed by atoms with van der Waals surface area (Å²) in [5.74, 6) is 1.51. The van der Waals surface area contributed by atoms with Crippen LogP contribution < -0.4 is 4.74 Å². The van der Waals surface area contributed by atoms with Gasteiger partial charge in [0.05, 0.1) is 13.3 Å². The van der Waals surface area contributed by atoms with Crippen molar-refractivity contribution in [3.63, 3.8) is 0 Å². The molecule has 5 heteroatoms. The van der Waals surface area contributed by atoms with Gasteiger partial charge in [0.2, 0.25) is 0 Å². The first-order valence-electron chi connectivity index (χ1n) is 5.46. The van der Waals surface area contributed by atoms with Gasteiger partial charge in [-0.15, -0.1) is 5.10 Å². The first-order chi connectivity index (χ1) is 8.76. The lowest BCUT2D eigenvalue weighted by Crippen LogP contribution is -1.87. The summed E-state index contributed by atoms with van der Waals surface area (Å²) in [6.07, 6.45) is 1.52. The fourth-order valence-electron chi connectivity index (χ4n) is 1.76. The second-order valence-corrected chi connectivity index (χ2v) is 3.86. The third kappa shape index (κ3) is 1.75. The van der Waals surface area contributed by atoms with E-state index in [1.165, 1.54) is 6.20 Å². The summed E-state index contributed by atoms with van der Waals surface area (Å²) >= 11 is 0. The van der Waals surface area contributed by atoms with Crippen molar-refractivity contribution in [3.8, 4) is 22.9 Å². The highest BCUT2D eigenvalue weighted by atomic mass is 16.5. The van der Waals surface area contributed by atoms with Crippen LogP contribution in [-0.2, 0) is 0 Å². The van der Waals surface area contributed by atoms with Gasteiger partial charge in [0.1, 0.15) is 11.5 Å². The molecule has 0 aliphatic rings. The van der Waals surface area contributed by atoms with Gasteiger partial charge < -0.3 is 9.84 Å². The zero-order valence-corrected chi connectivity index (χ0v) is 9.74. The summed E-state index contributed by atoms with van der Waals surface area (Å²) in [6, 6.07) is 10.8. The van der Waals surface area contributed by atoms with E-state index in [0.29, 0.717) is 11.5 Å². The molecule has 0 aliphatic heterocycles. The number of fused-ring (bicyclic) bond motifs is 1. The SMILES string of the molecule is COc1cccc(-c2nc3ccc(O)cn3n2)c1. The number of ether oxygens (including phenoxy) is 1. The highest BCUT2D eigenvalue weighted by Gasteiger charge is 2.07. The van der Waals surface area contributed by atoms with Crippen LogP contribution in [0.5, 0.6) is 11.5 Å². The van der Waals surface area contributed by atoms with E-state index in [2.05, 4.69) is 10.1 Å². The molecule has 3 aromatic rings. The molecule has 90 valence electrons. The van der Waals surface area contributed by atoms with Crippen LogP contribution in [0.3, 0.4) is 0 Å². The molecule has 3 rings (SSSR count). The predicted molar refractivity (Wildman–Crippen MR) is 66.6 cm³/mol. The smallest absolute Gasteiger partial charge is 0.182 e. The van der Waals surface area contributed by atoms with Crippen molar-refractivity contribution in [1.82, 2.24) is 14.6 Å². The maximum atomic E-state index is 9.38. The Hall–Kier alpha value is -2.56. The number of rotatable bonds is 2. The van der Waals surface area contributed by atoms with Crippen molar-refractivity contribution < 1.29 is 9.84 Å². The van der Waals surface area contributed by atoms with Gasteiger partial charge in [-0.2, -0.15) is 0 Å². The molecule has 0 spiro atoms. The molecule has 0 amide bonds. The van der Waals surface area contributed by atoms with E-state index in [0.717, 1.165) is 11.3 Å². The summed E-state index contributed by atoms with van der Waals surface area (Å²) in [4.78, 5) is 4.38. The Morgan fingerprint density at radius 1 is 1.22 bits per heavy atom. The van der Waals surface area contributed by atoms with Crippen molar-refractivity contribution in [1.29, 1.82) is 0 Å². The Morgan fingerprint density at radius 2 is 2.11 bits per heavy atom. The number of pyridine rings is 1. The minimum absolute atomic E-state index is 0.157. The van der Waals surface area contributed by atoms with Gasteiger partial charge >= 0.3 is 0 Å². The Labute approximate surface area is 103 Å². The molecule has 0 bridgehead atoms. The van der Waals surface area contributed by atoms with E-state index >= 15 is 0 Å². The van der Waals surface area contributed by atoms with E-state index in [4.69, 9.17) is 4.74 Å². The summed E-state index contributed by atoms with van der Waals surface area (Å²) in [5.41, 5.74) is 1.56. The van der Waals surface area contributed by atoms with Crippen LogP contribution >= 0.6 is 0 Å². The van der Waals surface area contributed by atoms with Crippen LogP contribution in [0.15, 0.2) is 42.6 Å². The van der Waals surface area contributed by atoms with Gasteiger partial charge in [0.25, 0.3) is 0 Å². The molecular weight excluding hydrogens is 230 g/mol. The molecule has 0 unspecified atom stereocenters. The average molecular weight is 241 g/mol. The number of aromatic hydroxyl groups is 1. The number of methoxy groups -OCH3 is 1. The normalized spacial score (nSPS) is 10.7. The highest BCUT2D eigenvalue weighted by molar-refractivity contribution is 5.60. The molecule has 5 nitrogen and oxygen atoms in total. The van der Waals surface area contributed by atoms with Crippen LogP contribution in [0, 0.1) is 0 Å². The lowest BCUT2D eigenvalue weighted by Gasteiger charge is -2.00. The number of nitrogens with zero attached hydrogens (tertiary/aromatic N) is 3. The van der Waals surface area contributed by atoms with Crippen molar-refractivity contribution in [2.75, 3.05) is 7.11 Å². The van der Waals surface area contributed by atoms with E-state index in [9.17, 15) is 5.11 Å². The first-order valence-corrected chi connectivity index (χ1v) is 5.46. The molecule has 0 radical (unpaired) electrons. The molecule has 0 saturated carbocycles. The van der Waals surface area contributed by atoms with Crippen LogP contribution in [0.1, 0.15) is 0 Å². The number of aromatic nitrogens is 3. The molecule has 2 aromatic heterocycles. The second kappa shape index (κ2) is 4.03. The summed E-state index contributed by atoms with van der Waals surface area (Å²) in [7, 11) is 1.62. The topological polar surface area (TPSA) is 59.7 Å². The van der Waals surface area contributed by atoms with Gasteiger partial charge in [-0.1, -0.05) is 12.1 Å². The molecule has 1 N–H and O–H groups in total. The summed E-state index contributed by atoms with van der Waals surface area (Å²) in [5, 5.41) is 13.7. The fraction of sp³-hybridized carbons (Fsp3) is 0.0769. The molecule has 0 fully saturated rings. The molecule has 18 heavy (non-hydrogen) atoms. The lowest BCUT2D eigenvalue weighted by molar-refractivity contribution is 0.415. The van der Waals surface area contributed by atoms with Crippen molar-refractivity contribution in [2.45, 2.75) is 0 Å². The van der Waals surface area contributed by atoms with Gasteiger partial charge in [0, 0.05) is 5.56 Å². The quantitative estimate of drug-likeness (QED) is 0.746. The highest BCUT2D eigenvalue weighted by Crippen LogP contribution is 2.22. The van der Waals surface area contributed by atoms with E-state index in [-0.39, 0.29) is 5.75 Å². The largest absolute Gasteiger partial charge is 0.506 e. The van der Waals surface area contributed by atoms with Gasteiger partial charge in [0.15, 0.2) is 11.5 Å². The number of hydrogen-bond acceptors (Lipinski definition) is 4. The third-order valence-corrected chi connectivity index (χ3v) is 2.64. The van der Waals surface area contributed by atoms with Gasteiger partial charge in [-0.25, -0.2) is 9.50 Å². The maximum absolute atomic E-state index is 9.38. The van der Waals surface area contributed by atoms with Crippen LogP contribution in [0.2, 0.25) is 0 Å². The minimum Gasteiger partial charge on any atom is -0.506 e. The Kier molecular flexibility index (Phi) is 2.37. The molecule has 0 aliphatic carbocycles. The molecule has 0 atom stereocenters. The number of benzene rings is 1. The summed E-state index contributed by atoms with van der Waals surface area (Å²) in [6.45, 7) is 0. The van der Waals surface area contributed by atoms with Crippen LogP contribution in [0.4, 0.5) is 0 Å². The van der Waals surface area contributed by atoms with Crippen molar-refractivity contribution >= 4 is 5.65 Å². The Bertz CT molecular complexity index is 706. The molecular formula is C13H11N3O2. The monoisotopic (exact) mass is 241 g/mol. The average Bonchev–Trinajstić information content (AvgIpc) is 2.81. The van der Waals surface area contributed by atoms with E-state index in [1.54, 1.807) is 23.8 Å². The standard InChI is InChI=1S/C13H11N3O2/c1-18-11-4-2-3-9(7-11)13-14-12-6-5-10(17)8-16(12)15-13/h2-8,17H,1H3. The zero-order valence-electron chi connectivity index (χ0n) is 9.74. The zero-order chi connectivity index (χ0) is 12.5. The Morgan fingerprint density at radius 3 is 2.94 bits per heavy atom. The maximum Gasteiger partial charge on any atom is 0.182 e. The van der Waals surface area contributed by atoms with E-state index in [1.807, 2.05) is 24.3 Å². The van der Waals surface area contributed by atoms with Crippen molar-refractivity contribution in [3.05, 3.63) is 42.6 Å². The first kappa shape index (κ1) is 10.6. The lowest BCUT2D eigenvalue weighted by atomic mass is 10.2.